The number of halogens is 2. The van der Waals surface area contributed by atoms with E-state index in [1.165, 1.54) is 4.90 Å². The van der Waals surface area contributed by atoms with Crippen LogP contribution < -0.4 is 5.73 Å². The number of pyridine rings is 1. The molecule has 37 heavy (non-hydrogen) atoms. The second-order valence-corrected chi connectivity index (χ2v) is 9.93. The minimum Gasteiger partial charge on any atom is -0.368 e. The molecule has 1 aromatic carbocycles. The molecule has 1 aliphatic heterocycles. The number of aromatic nitrogens is 4. The average molecular weight is 578 g/mol. The van der Waals surface area contributed by atoms with Crippen LogP contribution in [0.4, 0.5) is 5.95 Å². The fourth-order valence-corrected chi connectivity index (χ4v) is 4.98. The van der Waals surface area contributed by atoms with Crippen LogP contribution in [0.2, 0.25) is 5.15 Å². The average Bonchev–Trinajstić information content (AvgIpc) is 3.34. The zero-order chi connectivity index (χ0) is 26.3. The summed E-state index contributed by atoms with van der Waals surface area (Å²) in [5, 5.41) is 0.846. The maximum absolute atomic E-state index is 12.5. The van der Waals surface area contributed by atoms with Crippen molar-refractivity contribution in [2.75, 3.05) is 12.3 Å². The van der Waals surface area contributed by atoms with Gasteiger partial charge in [0.25, 0.3) is 11.8 Å². The van der Waals surface area contributed by atoms with Crippen molar-refractivity contribution in [1.82, 2.24) is 24.4 Å². The number of nitrogens with zero attached hydrogens (tertiary/aromatic N) is 5. The predicted octanol–water partition coefficient (Wildman–Crippen LogP) is 4.92. The number of nitrogens with two attached hydrogens (primary N) is 1. The Morgan fingerprint density at radius 1 is 1.11 bits per heavy atom. The summed E-state index contributed by atoms with van der Waals surface area (Å²) in [5.74, 6) is 5.85. The maximum atomic E-state index is 12.5. The number of nitrogen functional groups attached to an aromatic ring is 1. The van der Waals surface area contributed by atoms with Crippen molar-refractivity contribution in [3.63, 3.8) is 0 Å². The van der Waals surface area contributed by atoms with Crippen molar-refractivity contribution < 1.29 is 9.59 Å². The monoisotopic (exact) mass is 576 g/mol. The Morgan fingerprint density at radius 2 is 1.81 bits per heavy atom. The highest BCUT2D eigenvalue weighted by molar-refractivity contribution is 9.10. The summed E-state index contributed by atoms with van der Waals surface area (Å²) in [6, 6.07) is 6.87. The van der Waals surface area contributed by atoms with Gasteiger partial charge in [-0.2, -0.15) is 4.98 Å². The minimum atomic E-state index is -0.259. The van der Waals surface area contributed by atoms with Crippen molar-refractivity contribution in [3.05, 3.63) is 79.8 Å². The number of fused-ring (bicyclic) bond motifs is 2. The molecule has 5 rings (SSSR count). The Kier molecular flexibility index (Phi) is 6.71. The van der Waals surface area contributed by atoms with Crippen LogP contribution in [-0.4, -0.2) is 42.8 Å². The summed E-state index contributed by atoms with van der Waals surface area (Å²) >= 11 is 10.1. The number of imide groups is 1. The van der Waals surface area contributed by atoms with Gasteiger partial charge in [0, 0.05) is 29.8 Å². The molecule has 0 spiro atoms. The number of rotatable bonds is 5. The number of aryl methyl sites for hydroxylation is 1. The van der Waals surface area contributed by atoms with Crippen LogP contribution in [0.25, 0.3) is 11.0 Å². The molecule has 3 aromatic heterocycles. The molecule has 0 unspecified atom stereocenters. The first-order chi connectivity index (χ1) is 17.8. The second kappa shape index (κ2) is 9.96. The minimum absolute atomic E-state index is 0.0760. The molecule has 0 radical (unpaired) electrons. The molecule has 0 saturated heterocycles. The first-order valence-electron chi connectivity index (χ1n) is 11.6. The van der Waals surface area contributed by atoms with Gasteiger partial charge in [-0.15, -0.1) is 0 Å². The highest BCUT2D eigenvalue weighted by Crippen LogP contribution is 2.29. The standard InChI is InChI=1S/C27H22BrClN6O2/c1-15-12-31-20(16(2)22(15)28)14-34-13-17(21-23(29)32-27(30)33-24(21)34)8-4-3-7-11-35-25(36)18-9-5-6-10-19(18)26(35)37/h5-6,9-10,12-13H,3,7,11,14H2,1-2H3,(H2,30,32,33). The van der Waals surface area contributed by atoms with E-state index in [9.17, 15) is 9.59 Å². The lowest BCUT2D eigenvalue weighted by Gasteiger charge is -2.12. The molecular weight excluding hydrogens is 556 g/mol. The molecule has 1 aliphatic rings. The van der Waals surface area contributed by atoms with Gasteiger partial charge in [-0.25, -0.2) is 4.98 Å². The van der Waals surface area contributed by atoms with E-state index in [0.29, 0.717) is 53.7 Å². The lowest BCUT2D eigenvalue weighted by atomic mass is 10.1. The number of unbranched alkanes of at least 4 members (excludes halogenated alkanes) is 1. The van der Waals surface area contributed by atoms with Crippen molar-refractivity contribution in [2.45, 2.75) is 33.2 Å². The van der Waals surface area contributed by atoms with Gasteiger partial charge >= 0.3 is 0 Å². The predicted molar refractivity (Wildman–Crippen MR) is 145 cm³/mol. The summed E-state index contributed by atoms with van der Waals surface area (Å²) in [6.07, 6.45) is 4.73. The van der Waals surface area contributed by atoms with Crippen LogP contribution in [-0.2, 0) is 6.54 Å². The molecule has 0 atom stereocenters. The van der Waals surface area contributed by atoms with Gasteiger partial charge in [0.2, 0.25) is 5.95 Å². The van der Waals surface area contributed by atoms with Crippen molar-refractivity contribution in [2.24, 2.45) is 0 Å². The van der Waals surface area contributed by atoms with Crippen LogP contribution in [0, 0.1) is 25.7 Å². The zero-order valence-electron chi connectivity index (χ0n) is 20.2. The Bertz CT molecular complexity index is 1620. The Labute approximate surface area is 227 Å². The summed E-state index contributed by atoms with van der Waals surface area (Å²) in [5.41, 5.74) is 11.0. The number of hydrogen-bond donors (Lipinski definition) is 1. The van der Waals surface area contributed by atoms with Gasteiger partial charge < -0.3 is 10.3 Å². The molecule has 10 heteroatoms. The highest BCUT2D eigenvalue weighted by Gasteiger charge is 2.34. The van der Waals surface area contributed by atoms with E-state index in [4.69, 9.17) is 17.3 Å². The third kappa shape index (κ3) is 4.59. The summed E-state index contributed by atoms with van der Waals surface area (Å²) in [4.78, 5) is 39.5. The highest BCUT2D eigenvalue weighted by atomic mass is 79.9. The van der Waals surface area contributed by atoms with E-state index in [-0.39, 0.29) is 22.9 Å². The number of hydrogen-bond acceptors (Lipinski definition) is 6. The Morgan fingerprint density at radius 3 is 2.51 bits per heavy atom. The Hall–Kier alpha value is -3.74. The molecule has 2 amide bonds. The fourth-order valence-electron chi connectivity index (χ4n) is 4.37. The maximum Gasteiger partial charge on any atom is 0.261 e. The molecule has 0 fully saturated rings. The van der Waals surface area contributed by atoms with Crippen LogP contribution in [0.15, 0.2) is 41.1 Å². The van der Waals surface area contributed by atoms with Gasteiger partial charge in [-0.1, -0.05) is 51.5 Å². The lowest BCUT2D eigenvalue weighted by molar-refractivity contribution is 0.0653. The molecule has 8 nitrogen and oxygen atoms in total. The molecular formula is C27H22BrClN6O2. The summed E-state index contributed by atoms with van der Waals surface area (Å²) < 4.78 is 2.93. The quantitative estimate of drug-likeness (QED) is 0.156. The fraction of sp³-hybridized carbons (Fsp3) is 0.222. The molecule has 0 aliphatic carbocycles. The largest absolute Gasteiger partial charge is 0.368 e. The van der Waals surface area contributed by atoms with E-state index in [1.54, 1.807) is 24.3 Å². The number of amides is 2. The van der Waals surface area contributed by atoms with E-state index in [2.05, 4.69) is 42.7 Å². The molecule has 2 N–H and O–H groups in total. The molecule has 4 aromatic rings. The van der Waals surface area contributed by atoms with E-state index in [0.717, 1.165) is 21.3 Å². The third-order valence-corrected chi connectivity index (χ3v) is 7.81. The third-order valence-electron chi connectivity index (χ3n) is 6.32. The number of carbonyl (C=O) groups is 2. The molecule has 4 heterocycles. The van der Waals surface area contributed by atoms with Crippen LogP contribution in [0.3, 0.4) is 0 Å². The molecule has 186 valence electrons. The van der Waals surface area contributed by atoms with Crippen LogP contribution in [0.5, 0.6) is 0 Å². The normalized spacial score (nSPS) is 12.7. The van der Waals surface area contributed by atoms with Crippen molar-refractivity contribution in [1.29, 1.82) is 0 Å². The van der Waals surface area contributed by atoms with Crippen LogP contribution in [0.1, 0.15) is 55.9 Å². The number of anilines is 1. The van der Waals surface area contributed by atoms with Gasteiger partial charge in [0.1, 0.15) is 10.8 Å². The van der Waals surface area contributed by atoms with Gasteiger partial charge in [-0.3, -0.25) is 19.5 Å². The summed E-state index contributed by atoms with van der Waals surface area (Å²) in [7, 11) is 0. The van der Waals surface area contributed by atoms with Crippen LogP contribution >= 0.6 is 27.5 Å². The Balaban J connectivity index is 1.36. The first-order valence-corrected chi connectivity index (χ1v) is 12.8. The van der Waals surface area contributed by atoms with E-state index >= 15 is 0 Å². The molecule has 0 bridgehead atoms. The van der Waals surface area contributed by atoms with Crippen molar-refractivity contribution >= 4 is 56.3 Å². The summed E-state index contributed by atoms with van der Waals surface area (Å²) in [6.45, 7) is 4.76. The number of benzene rings is 1. The topological polar surface area (TPSA) is 107 Å². The van der Waals surface area contributed by atoms with Gasteiger partial charge in [0.05, 0.1) is 34.3 Å². The van der Waals surface area contributed by atoms with Gasteiger partial charge in [0.15, 0.2) is 0 Å². The first kappa shape index (κ1) is 24.9. The number of carbonyl (C=O) groups excluding carboxylic acids is 2. The second-order valence-electron chi connectivity index (χ2n) is 8.78. The smallest absolute Gasteiger partial charge is 0.261 e. The van der Waals surface area contributed by atoms with E-state index in [1.807, 2.05) is 30.8 Å². The van der Waals surface area contributed by atoms with E-state index < -0.39 is 0 Å². The molecule has 0 saturated carbocycles. The SMILES string of the molecule is Cc1cnc(Cn2cc(C#CCCCN3C(=O)c4ccccc4C3=O)c3c(Cl)nc(N)nc32)c(C)c1Br. The van der Waals surface area contributed by atoms with Gasteiger partial charge in [-0.05, 0) is 43.5 Å². The zero-order valence-corrected chi connectivity index (χ0v) is 22.5. The lowest BCUT2D eigenvalue weighted by Crippen LogP contribution is -2.30. The van der Waals surface area contributed by atoms with Crippen molar-refractivity contribution in [3.8, 4) is 11.8 Å².